The smallest absolute Gasteiger partial charge is 0.189 e. The van der Waals surface area contributed by atoms with Crippen molar-refractivity contribution in [2.75, 3.05) is 13.1 Å². The van der Waals surface area contributed by atoms with E-state index in [-0.39, 0.29) is 11.8 Å². The average Bonchev–Trinajstić information content (AvgIpc) is 2.72. The molecule has 1 saturated heterocycles. The van der Waals surface area contributed by atoms with Gasteiger partial charge in [-0.15, -0.1) is 11.3 Å². The highest BCUT2D eigenvalue weighted by Gasteiger charge is 2.30. The molecular formula is C13H18ClNOS2. The van der Waals surface area contributed by atoms with E-state index in [4.69, 9.17) is 11.6 Å². The SMILES string of the molecule is CC1CN(C(C)C(=O)c2ccc(Cl)s2)CC(C)S1. The van der Waals surface area contributed by atoms with Crippen LogP contribution in [0.1, 0.15) is 30.4 Å². The van der Waals surface area contributed by atoms with Crippen molar-refractivity contribution >= 4 is 40.5 Å². The van der Waals surface area contributed by atoms with Gasteiger partial charge in [0.05, 0.1) is 15.3 Å². The Hall–Kier alpha value is -0.0300. The summed E-state index contributed by atoms with van der Waals surface area (Å²) in [5.74, 6) is 0.193. The Morgan fingerprint density at radius 3 is 2.50 bits per heavy atom. The number of halogens is 1. The minimum atomic E-state index is -0.0504. The highest BCUT2D eigenvalue weighted by molar-refractivity contribution is 8.00. The summed E-state index contributed by atoms with van der Waals surface area (Å²) in [7, 11) is 0. The molecule has 3 atom stereocenters. The maximum atomic E-state index is 12.4. The van der Waals surface area contributed by atoms with E-state index in [9.17, 15) is 4.79 Å². The zero-order valence-electron chi connectivity index (χ0n) is 10.9. The molecule has 1 aliphatic heterocycles. The summed E-state index contributed by atoms with van der Waals surface area (Å²) in [6, 6.07) is 3.58. The first-order valence-corrected chi connectivity index (χ1v) is 8.30. The number of rotatable bonds is 3. The molecule has 18 heavy (non-hydrogen) atoms. The Kier molecular flexibility index (Phi) is 4.75. The maximum Gasteiger partial charge on any atom is 0.189 e. The number of carbonyl (C=O) groups excluding carboxylic acids is 1. The summed E-state index contributed by atoms with van der Waals surface area (Å²) < 4.78 is 0.682. The molecule has 1 aromatic heterocycles. The van der Waals surface area contributed by atoms with Crippen LogP contribution in [0.25, 0.3) is 0 Å². The summed E-state index contributed by atoms with van der Waals surface area (Å²) in [6.07, 6.45) is 0. The van der Waals surface area contributed by atoms with E-state index < -0.39 is 0 Å². The van der Waals surface area contributed by atoms with E-state index >= 15 is 0 Å². The van der Waals surface area contributed by atoms with Crippen LogP contribution in [0, 0.1) is 0 Å². The van der Waals surface area contributed by atoms with Crippen LogP contribution < -0.4 is 0 Å². The number of thioether (sulfide) groups is 1. The molecule has 2 rings (SSSR count). The second kappa shape index (κ2) is 5.95. The van der Waals surface area contributed by atoms with Crippen molar-refractivity contribution in [1.29, 1.82) is 0 Å². The molecule has 1 fully saturated rings. The van der Waals surface area contributed by atoms with Crippen molar-refractivity contribution in [3.63, 3.8) is 0 Å². The highest BCUT2D eigenvalue weighted by atomic mass is 35.5. The van der Waals surface area contributed by atoms with Crippen molar-refractivity contribution in [3.05, 3.63) is 21.3 Å². The van der Waals surface area contributed by atoms with E-state index in [2.05, 4.69) is 18.7 Å². The Morgan fingerprint density at radius 1 is 1.39 bits per heavy atom. The van der Waals surface area contributed by atoms with Gasteiger partial charge in [0.15, 0.2) is 5.78 Å². The molecule has 0 spiro atoms. The normalized spacial score (nSPS) is 27.1. The van der Waals surface area contributed by atoms with Gasteiger partial charge < -0.3 is 0 Å². The van der Waals surface area contributed by atoms with Gasteiger partial charge in [0, 0.05) is 23.6 Å². The summed E-state index contributed by atoms with van der Waals surface area (Å²) >= 11 is 9.27. The van der Waals surface area contributed by atoms with Gasteiger partial charge in [0.2, 0.25) is 0 Å². The summed E-state index contributed by atoms with van der Waals surface area (Å²) in [4.78, 5) is 15.4. The van der Waals surface area contributed by atoms with Crippen LogP contribution in [0.5, 0.6) is 0 Å². The molecule has 1 aromatic rings. The van der Waals surface area contributed by atoms with Gasteiger partial charge in [0.1, 0.15) is 0 Å². The number of Topliss-reactive ketones (excluding diaryl/α,β-unsaturated/α-hetero) is 1. The Bertz CT molecular complexity index is 424. The van der Waals surface area contributed by atoms with Crippen LogP contribution in [0.15, 0.2) is 12.1 Å². The van der Waals surface area contributed by atoms with Gasteiger partial charge in [-0.05, 0) is 19.1 Å². The largest absolute Gasteiger partial charge is 0.291 e. The number of hydrogen-bond donors (Lipinski definition) is 0. The first kappa shape index (κ1) is 14.4. The molecular weight excluding hydrogens is 286 g/mol. The predicted octanol–water partition coefficient (Wildman–Crippen LogP) is 3.80. The fraction of sp³-hybridized carbons (Fsp3) is 0.615. The Balaban J connectivity index is 2.06. The van der Waals surface area contributed by atoms with Gasteiger partial charge in [0.25, 0.3) is 0 Å². The Morgan fingerprint density at radius 2 is 2.00 bits per heavy atom. The second-order valence-electron chi connectivity index (χ2n) is 4.86. The molecule has 0 aliphatic carbocycles. The molecule has 0 saturated carbocycles. The van der Waals surface area contributed by atoms with Crippen LogP contribution >= 0.6 is 34.7 Å². The number of thiophene rings is 1. The molecule has 100 valence electrons. The number of nitrogens with zero attached hydrogens (tertiary/aromatic N) is 1. The molecule has 1 aliphatic rings. The lowest BCUT2D eigenvalue weighted by molar-refractivity contribution is 0.0840. The van der Waals surface area contributed by atoms with Crippen molar-refractivity contribution in [2.24, 2.45) is 0 Å². The average molecular weight is 304 g/mol. The predicted molar refractivity (Wildman–Crippen MR) is 81.2 cm³/mol. The molecule has 0 aromatic carbocycles. The number of hydrogen-bond acceptors (Lipinski definition) is 4. The van der Waals surface area contributed by atoms with Gasteiger partial charge in [-0.3, -0.25) is 9.69 Å². The quantitative estimate of drug-likeness (QED) is 0.792. The molecule has 2 heterocycles. The second-order valence-corrected chi connectivity index (χ2v) is 8.45. The lowest BCUT2D eigenvalue weighted by Gasteiger charge is -2.37. The summed E-state index contributed by atoms with van der Waals surface area (Å²) in [6.45, 7) is 8.44. The zero-order valence-corrected chi connectivity index (χ0v) is 13.2. The standard InChI is InChI=1S/C13H18ClNOS2/c1-8-6-15(7-9(2)17-8)10(3)13(16)11-4-5-12(14)18-11/h4-5,8-10H,6-7H2,1-3H3. The van der Waals surface area contributed by atoms with Gasteiger partial charge in [-0.1, -0.05) is 25.4 Å². The molecule has 0 N–H and O–H groups in total. The number of carbonyl (C=O) groups is 1. The topological polar surface area (TPSA) is 20.3 Å². The van der Waals surface area contributed by atoms with Crippen LogP contribution in [0.3, 0.4) is 0 Å². The van der Waals surface area contributed by atoms with Crippen molar-refractivity contribution < 1.29 is 4.79 Å². The van der Waals surface area contributed by atoms with E-state index in [0.29, 0.717) is 14.8 Å². The molecule has 0 amide bonds. The van der Waals surface area contributed by atoms with Gasteiger partial charge >= 0.3 is 0 Å². The third-order valence-corrected chi connectivity index (χ3v) is 5.66. The fourth-order valence-corrected chi connectivity index (χ4v) is 4.77. The van der Waals surface area contributed by atoms with Crippen LogP contribution in [-0.2, 0) is 0 Å². The zero-order chi connectivity index (χ0) is 13.3. The van der Waals surface area contributed by atoms with E-state index in [1.165, 1.54) is 11.3 Å². The molecule has 3 unspecified atom stereocenters. The maximum absolute atomic E-state index is 12.4. The summed E-state index contributed by atoms with van der Waals surface area (Å²) in [5.41, 5.74) is 0. The van der Waals surface area contributed by atoms with Crippen molar-refractivity contribution in [3.8, 4) is 0 Å². The first-order chi connectivity index (χ1) is 8.47. The van der Waals surface area contributed by atoms with E-state index in [1.54, 1.807) is 6.07 Å². The molecule has 0 radical (unpaired) electrons. The minimum Gasteiger partial charge on any atom is -0.291 e. The van der Waals surface area contributed by atoms with Crippen molar-refractivity contribution in [1.82, 2.24) is 4.90 Å². The number of ketones is 1. The van der Waals surface area contributed by atoms with E-state index in [0.717, 1.165) is 18.0 Å². The molecule has 0 bridgehead atoms. The summed E-state index contributed by atoms with van der Waals surface area (Å²) in [5, 5.41) is 1.19. The van der Waals surface area contributed by atoms with Crippen LogP contribution in [0.2, 0.25) is 4.34 Å². The van der Waals surface area contributed by atoms with Crippen LogP contribution in [-0.4, -0.2) is 40.3 Å². The van der Waals surface area contributed by atoms with Crippen molar-refractivity contribution in [2.45, 2.75) is 37.3 Å². The van der Waals surface area contributed by atoms with Gasteiger partial charge in [-0.2, -0.15) is 11.8 Å². The first-order valence-electron chi connectivity index (χ1n) is 6.16. The third kappa shape index (κ3) is 3.29. The van der Waals surface area contributed by atoms with Crippen LogP contribution in [0.4, 0.5) is 0 Å². The monoisotopic (exact) mass is 303 g/mol. The molecule has 2 nitrogen and oxygen atoms in total. The van der Waals surface area contributed by atoms with E-state index in [1.807, 2.05) is 24.8 Å². The lowest BCUT2D eigenvalue weighted by Crippen LogP contribution is -2.48. The fourth-order valence-electron chi connectivity index (χ4n) is 2.35. The van der Waals surface area contributed by atoms with Gasteiger partial charge in [-0.25, -0.2) is 0 Å². The molecule has 5 heteroatoms. The highest BCUT2D eigenvalue weighted by Crippen LogP contribution is 2.28. The third-order valence-electron chi connectivity index (χ3n) is 3.19. The lowest BCUT2D eigenvalue weighted by atomic mass is 10.1. The Labute approximate surface area is 122 Å². The minimum absolute atomic E-state index is 0.0504.